The minimum absolute atomic E-state index is 0.608. The summed E-state index contributed by atoms with van der Waals surface area (Å²) in [5.41, 5.74) is 3.59. The largest absolute Gasteiger partial charge is 0.477 e. The van der Waals surface area contributed by atoms with Gasteiger partial charge in [-0.05, 0) is 6.42 Å². The van der Waals surface area contributed by atoms with Crippen LogP contribution in [0.4, 0.5) is 0 Å². The second-order valence-corrected chi connectivity index (χ2v) is 5.71. The van der Waals surface area contributed by atoms with Crippen molar-refractivity contribution >= 4 is 5.65 Å². The number of fused-ring (bicyclic) bond motifs is 1. The molecule has 25 heavy (non-hydrogen) atoms. The molecule has 0 aliphatic rings. The van der Waals surface area contributed by atoms with Gasteiger partial charge < -0.3 is 4.74 Å². The smallest absolute Gasteiger partial charge is 0.220 e. The molecule has 0 atom stereocenters. The van der Waals surface area contributed by atoms with Crippen molar-refractivity contribution in [2.45, 2.75) is 13.3 Å². The normalized spacial score (nSPS) is 11.1. The Hall–Kier alpha value is -3.22. The molecule has 0 spiro atoms. The molecule has 4 rings (SSSR count). The maximum atomic E-state index is 5.83. The highest BCUT2D eigenvalue weighted by molar-refractivity contribution is 5.78. The molecule has 0 fully saturated rings. The third-order valence-electron chi connectivity index (χ3n) is 3.96. The quantitative estimate of drug-likeness (QED) is 0.561. The molecule has 0 aliphatic heterocycles. The molecule has 1 aromatic carbocycles. The fraction of sp³-hybridized carbons (Fsp3) is 0.222. The Balaban J connectivity index is 1.92. The van der Waals surface area contributed by atoms with E-state index in [0.29, 0.717) is 24.0 Å². The lowest BCUT2D eigenvalue weighted by Gasteiger charge is -2.09. The molecule has 7 heteroatoms. The van der Waals surface area contributed by atoms with Crippen molar-refractivity contribution in [2.24, 2.45) is 7.05 Å². The van der Waals surface area contributed by atoms with Crippen LogP contribution in [-0.2, 0) is 7.05 Å². The minimum Gasteiger partial charge on any atom is -0.477 e. The lowest BCUT2D eigenvalue weighted by atomic mass is 10.1. The number of hydrogen-bond donors (Lipinski definition) is 0. The molecule has 0 aliphatic carbocycles. The van der Waals surface area contributed by atoms with Crippen molar-refractivity contribution < 1.29 is 4.74 Å². The Bertz CT molecular complexity index is 1010. The Labute approximate surface area is 144 Å². The maximum Gasteiger partial charge on any atom is 0.220 e. The topological polar surface area (TPSA) is 70.1 Å². The molecule has 7 nitrogen and oxygen atoms in total. The van der Waals surface area contributed by atoms with Crippen LogP contribution in [0.1, 0.15) is 13.3 Å². The van der Waals surface area contributed by atoms with E-state index in [-0.39, 0.29) is 0 Å². The van der Waals surface area contributed by atoms with Gasteiger partial charge in [-0.3, -0.25) is 9.67 Å². The van der Waals surface area contributed by atoms with E-state index >= 15 is 0 Å². The van der Waals surface area contributed by atoms with Crippen molar-refractivity contribution in [1.82, 2.24) is 29.4 Å². The summed E-state index contributed by atoms with van der Waals surface area (Å²) in [5, 5.41) is 13.0. The van der Waals surface area contributed by atoms with Crippen molar-refractivity contribution in [2.75, 3.05) is 6.61 Å². The van der Waals surface area contributed by atoms with Gasteiger partial charge in [0.25, 0.3) is 0 Å². The summed E-state index contributed by atoms with van der Waals surface area (Å²) in [4.78, 5) is 4.19. The van der Waals surface area contributed by atoms with Crippen molar-refractivity contribution in [3.05, 3.63) is 48.9 Å². The zero-order valence-corrected chi connectivity index (χ0v) is 14.1. The summed E-state index contributed by atoms with van der Waals surface area (Å²) in [6.45, 7) is 2.67. The van der Waals surface area contributed by atoms with E-state index in [1.807, 2.05) is 40.5 Å². The van der Waals surface area contributed by atoms with Gasteiger partial charge in [0.15, 0.2) is 11.5 Å². The summed E-state index contributed by atoms with van der Waals surface area (Å²) in [6.07, 6.45) is 6.08. The van der Waals surface area contributed by atoms with Crippen LogP contribution >= 0.6 is 0 Å². The van der Waals surface area contributed by atoms with Crippen LogP contribution in [-0.4, -0.2) is 36.0 Å². The van der Waals surface area contributed by atoms with E-state index < -0.39 is 0 Å². The van der Waals surface area contributed by atoms with Crippen LogP contribution in [0.5, 0.6) is 5.88 Å². The average molecular weight is 334 g/mol. The maximum absolute atomic E-state index is 5.83. The number of nitrogens with zero attached hydrogens (tertiary/aromatic N) is 6. The van der Waals surface area contributed by atoms with E-state index in [2.05, 4.69) is 39.3 Å². The number of rotatable bonds is 5. The predicted molar refractivity (Wildman–Crippen MR) is 94.2 cm³/mol. The number of hydrogen-bond acceptors (Lipinski definition) is 5. The third kappa shape index (κ3) is 2.63. The predicted octanol–water partition coefficient (Wildman–Crippen LogP) is 2.98. The third-order valence-corrected chi connectivity index (χ3v) is 3.96. The molecule has 126 valence electrons. The Kier molecular flexibility index (Phi) is 3.89. The Morgan fingerprint density at radius 1 is 1.04 bits per heavy atom. The SMILES string of the molecule is CCCOc1cncc2nnc(-c3cnn(C)c3-c3ccccc3)n12. The Morgan fingerprint density at radius 2 is 1.88 bits per heavy atom. The highest BCUT2D eigenvalue weighted by Crippen LogP contribution is 2.32. The van der Waals surface area contributed by atoms with Crippen molar-refractivity contribution in [3.8, 4) is 28.5 Å². The van der Waals surface area contributed by atoms with E-state index in [9.17, 15) is 0 Å². The molecule has 0 radical (unpaired) electrons. The zero-order chi connectivity index (χ0) is 17.2. The van der Waals surface area contributed by atoms with Gasteiger partial charge in [0, 0.05) is 12.6 Å². The molecule has 0 unspecified atom stereocenters. The van der Waals surface area contributed by atoms with Gasteiger partial charge in [0.2, 0.25) is 5.88 Å². The fourth-order valence-corrected chi connectivity index (χ4v) is 2.85. The van der Waals surface area contributed by atoms with Gasteiger partial charge in [-0.1, -0.05) is 37.3 Å². The summed E-state index contributed by atoms with van der Waals surface area (Å²) >= 11 is 0. The number of benzene rings is 1. The van der Waals surface area contributed by atoms with Gasteiger partial charge in [0.05, 0.1) is 36.5 Å². The van der Waals surface area contributed by atoms with Crippen LogP contribution < -0.4 is 4.74 Å². The monoisotopic (exact) mass is 334 g/mol. The van der Waals surface area contributed by atoms with Gasteiger partial charge in [-0.25, -0.2) is 4.40 Å². The summed E-state index contributed by atoms with van der Waals surface area (Å²) in [6, 6.07) is 10.1. The summed E-state index contributed by atoms with van der Waals surface area (Å²) in [7, 11) is 1.92. The first kappa shape index (κ1) is 15.3. The molecule has 4 aromatic rings. The second kappa shape index (κ2) is 6.35. The standard InChI is InChI=1S/C18H18N6O/c1-3-9-25-16-12-19-11-15-21-22-18(24(15)16)14-10-20-23(2)17(14)13-7-5-4-6-8-13/h4-8,10-12H,3,9H2,1-2H3. The number of aryl methyl sites for hydroxylation is 1. The molecule has 0 N–H and O–H groups in total. The van der Waals surface area contributed by atoms with Crippen LogP contribution in [0.25, 0.3) is 28.3 Å². The molecule has 0 saturated carbocycles. The van der Waals surface area contributed by atoms with Crippen molar-refractivity contribution in [1.29, 1.82) is 0 Å². The van der Waals surface area contributed by atoms with Crippen LogP contribution in [0.3, 0.4) is 0 Å². The number of ether oxygens (including phenoxy) is 1. The van der Waals surface area contributed by atoms with Gasteiger partial charge in [-0.15, -0.1) is 10.2 Å². The van der Waals surface area contributed by atoms with E-state index in [1.54, 1.807) is 12.4 Å². The van der Waals surface area contributed by atoms with Gasteiger partial charge in [-0.2, -0.15) is 5.10 Å². The zero-order valence-electron chi connectivity index (χ0n) is 14.1. The van der Waals surface area contributed by atoms with Crippen LogP contribution in [0, 0.1) is 0 Å². The highest BCUT2D eigenvalue weighted by Gasteiger charge is 2.19. The molecule has 3 aromatic heterocycles. The molecule has 0 saturated heterocycles. The molecular weight excluding hydrogens is 316 g/mol. The van der Waals surface area contributed by atoms with Gasteiger partial charge in [0.1, 0.15) is 0 Å². The average Bonchev–Trinajstić information content (AvgIpc) is 3.24. The Morgan fingerprint density at radius 3 is 2.68 bits per heavy atom. The first-order valence-corrected chi connectivity index (χ1v) is 8.19. The fourth-order valence-electron chi connectivity index (χ4n) is 2.85. The second-order valence-electron chi connectivity index (χ2n) is 5.71. The highest BCUT2D eigenvalue weighted by atomic mass is 16.5. The number of aromatic nitrogens is 6. The first-order valence-electron chi connectivity index (χ1n) is 8.19. The molecule has 3 heterocycles. The van der Waals surface area contributed by atoms with Crippen LogP contribution in [0.2, 0.25) is 0 Å². The van der Waals surface area contributed by atoms with Gasteiger partial charge >= 0.3 is 0 Å². The van der Waals surface area contributed by atoms with Crippen molar-refractivity contribution in [3.63, 3.8) is 0 Å². The molecule has 0 bridgehead atoms. The molecular formula is C18H18N6O. The van der Waals surface area contributed by atoms with Crippen LogP contribution in [0.15, 0.2) is 48.9 Å². The minimum atomic E-state index is 0.608. The summed E-state index contributed by atoms with van der Waals surface area (Å²) in [5.74, 6) is 1.32. The molecule has 0 amide bonds. The van der Waals surface area contributed by atoms with E-state index in [4.69, 9.17) is 4.74 Å². The lowest BCUT2D eigenvalue weighted by molar-refractivity contribution is 0.300. The summed E-state index contributed by atoms with van der Waals surface area (Å²) < 4.78 is 9.56. The van der Waals surface area contributed by atoms with E-state index in [1.165, 1.54) is 0 Å². The first-order chi connectivity index (χ1) is 12.3. The van der Waals surface area contributed by atoms with E-state index in [0.717, 1.165) is 23.2 Å². The lowest BCUT2D eigenvalue weighted by Crippen LogP contribution is -2.03.